The van der Waals surface area contributed by atoms with E-state index in [2.05, 4.69) is 10.4 Å². The molecule has 1 unspecified atom stereocenters. The van der Waals surface area contributed by atoms with E-state index < -0.39 is 35.3 Å². The van der Waals surface area contributed by atoms with Crippen LogP contribution in [0.5, 0.6) is 0 Å². The molecular weight excluding hydrogens is 315 g/mol. The maximum absolute atomic E-state index is 12.9. The number of para-hydroxylation sites is 1. The van der Waals surface area contributed by atoms with Crippen LogP contribution in [0.15, 0.2) is 36.5 Å². The first-order valence-electron chi connectivity index (χ1n) is 6.45. The zero-order valence-electron chi connectivity index (χ0n) is 11.8. The summed E-state index contributed by atoms with van der Waals surface area (Å²) in [5, 5.41) is 14.9. The molecule has 0 fully saturated rings. The number of carboxylic acids is 1. The lowest BCUT2D eigenvalue weighted by atomic mass is 10.1. The summed E-state index contributed by atoms with van der Waals surface area (Å²) < 4.78 is 39.6. The smallest absolute Gasteiger partial charge is 0.418 e. The summed E-state index contributed by atoms with van der Waals surface area (Å²) in [7, 11) is 0. The number of nitrogens with zero attached hydrogens (tertiary/aromatic N) is 2. The Kier molecular flexibility index (Phi) is 4.39. The average molecular weight is 327 g/mol. The van der Waals surface area contributed by atoms with Crippen LogP contribution in [0.1, 0.15) is 29.0 Å². The molecule has 2 aromatic rings. The van der Waals surface area contributed by atoms with Gasteiger partial charge in [-0.15, -0.1) is 0 Å². The quantitative estimate of drug-likeness (QED) is 0.904. The van der Waals surface area contributed by atoms with E-state index in [1.807, 2.05) is 0 Å². The molecule has 0 aliphatic heterocycles. The van der Waals surface area contributed by atoms with Crippen molar-refractivity contribution in [3.8, 4) is 0 Å². The van der Waals surface area contributed by atoms with Crippen LogP contribution >= 0.6 is 0 Å². The SMILES string of the molecule is CC(C(=O)Nc1ccccc1C(F)(F)F)n1nccc1C(=O)O. The second-order valence-electron chi connectivity index (χ2n) is 4.67. The van der Waals surface area contributed by atoms with Crippen molar-refractivity contribution < 1.29 is 27.9 Å². The van der Waals surface area contributed by atoms with E-state index in [-0.39, 0.29) is 5.69 Å². The Morgan fingerprint density at radius 2 is 1.91 bits per heavy atom. The van der Waals surface area contributed by atoms with E-state index >= 15 is 0 Å². The summed E-state index contributed by atoms with van der Waals surface area (Å²) in [5.41, 5.74) is -1.63. The van der Waals surface area contributed by atoms with Crippen LogP contribution in [-0.2, 0) is 11.0 Å². The van der Waals surface area contributed by atoms with Gasteiger partial charge in [0.25, 0.3) is 0 Å². The number of carbonyl (C=O) groups excluding carboxylic acids is 1. The number of benzene rings is 1. The summed E-state index contributed by atoms with van der Waals surface area (Å²) in [6.45, 7) is 1.34. The van der Waals surface area contributed by atoms with E-state index in [1.54, 1.807) is 0 Å². The molecule has 1 amide bonds. The molecule has 0 aliphatic carbocycles. The van der Waals surface area contributed by atoms with Gasteiger partial charge < -0.3 is 10.4 Å². The molecule has 0 radical (unpaired) electrons. The fourth-order valence-electron chi connectivity index (χ4n) is 1.98. The molecule has 122 valence electrons. The Bertz CT molecular complexity index is 740. The molecule has 1 atom stereocenters. The summed E-state index contributed by atoms with van der Waals surface area (Å²) >= 11 is 0. The van der Waals surface area contributed by atoms with Gasteiger partial charge in [0.15, 0.2) is 0 Å². The molecule has 1 aromatic carbocycles. The number of anilines is 1. The molecule has 0 saturated heterocycles. The van der Waals surface area contributed by atoms with Gasteiger partial charge in [-0.3, -0.25) is 4.79 Å². The van der Waals surface area contributed by atoms with Gasteiger partial charge in [-0.25, -0.2) is 9.48 Å². The Balaban J connectivity index is 2.26. The summed E-state index contributed by atoms with van der Waals surface area (Å²) in [4.78, 5) is 23.1. The average Bonchev–Trinajstić information content (AvgIpc) is 2.95. The molecule has 0 aliphatic rings. The van der Waals surface area contributed by atoms with Gasteiger partial charge in [-0.2, -0.15) is 18.3 Å². The minimum absolute atomic E-state index is 0.239. The Morgan fingerprint density at radius 1 is 1.26 bits per heavy atom. The molecule has 1 heterocycles. The summed E-state index contributed by atoms with van der Waals surface area (Å²) in [5.74, 6) is -2.11. The summed E-state index contributed by atoms with van der Waals surface area (Å²) in [6, 6.07) is 4.61. The number of nitrogens with one attached hydrogen (secondary N) is 1. The number of aromatic carboxylic acids is 1. The van der Waals surface area contributed by atoms with E-state index in [4.69, 9.17) is 5.11 Å². The normalized spacial score (nSPS) is 12.7. The summed E-state index contributed by atoms with van der Waals surface area (Å²) in [6.07, 6.45) is -3.43. The third-order valence-electron chi connectivity index (χ3n) is 3.13. The van der Waals surface area contributed by atoms with E-state index in [1.165, 1.54) is 31.3 Å². The first kappa shape index (κ1) is 16.5. The van der Waals surface area contributed by atoms with Gasteiger partial charge in [0.2, 0.25) is 5.91 Å². The Labute approximate surface area is 128 Å². The number of amides is 1. The van der Waals surface area contributed by atoms with Crippen LogP contribution in [-0.4, -0.2) is 26.8 Å². The number of rotatable bonds is 4. The maximum Gasteiger partial charge on any atom is 0.418 e. The monoisotopic (exact) mass is 327 g/mol. The van der Waals surface area contributed by atoms with Crippen molar-refractivity contribution in [1.29, 1.82) is 0 Å². The Morgan fingerprint density at radius 3 is 2.52 bits per heavy atom. The molecule has 2 rings (SSSR count). The van der Waals surface area contributed by atoms with E-state index in [9.17, 15) is 22.8 Å². The van der Waals surface area contributed by atoms with Gasteiger partial charge in [0.1, 0.15) is 11.7 Å². The largest absolute Gasteiger partial charge is 0.477 e. The highest BCUT2D eigenvalue weighted by Gasteiger charge is 2.34. The number of hydrogen-bond donors (Lipinski definition) is 2. The number of alkyl halides is 3. The van der Waals surface area contributed by atoms with Gasteiger partial charge in [0.05, 0.1) is 11.3 Å². The zero-order valence-corrected chi connectivity index (χ0v) is 11.8. The fourth-order valence-corrected chi connectivity index (χ4v) is 1.98. The first-order chi connectivity index (χ1) is 10.7. The lowest BCUT2D eigenvalue weighted by molar-refractivity contribution is -0.137. The lowest BCUT2D eigenvalue weighted by Gasteiger charge is -2.17. The van der Waals surface area contributed by atoms with Crippen molar-refractivity contribution in [3.63, 3.8) is 0 Å². The highest BCUT2D eigenvalue weighted by Crippen LogP contribution is 2.34. The minimum Gasteiger partial charge on any atom is -0.477 e. The third kappa shape index (κ3) is 3.50. The highest BCUT2D eigenvalue weighted by atomic mass is 19.4. The molecule has 0 bridgehead atoms. The van der Waals surface area contributed by atoms with Crippen LogP contribution < -0.4 is 5.32 Å². The number of carbonyl (C=O) groups is 2. The first-order valence-corrected chi connectivity index (χ1v) is 6.45. The van der Waals surface area contributed by atoms with Crippen LogP contribution in [0.2, 0.25) is 0 Å². The number of aromatic nitrogens is 2. The van der Waals surface area contributed by atoms with Crippen molar-refractivity contribution >= 4 is 17.6 Å². The third-order valence-corrected chi connectivity index (χ3v) is 3.13. The highest BCUT2D eigenvalue weighted by molar-refractivity contribution is 5.95. The van der Waals surface area contributed by atoms with Crippen molar-refractivity contribution in [2.24, 2.45) is 0 Å². The predicted octanol–water partition coefficient (Wildman–Crippen LogP) is 2.80. The molecule has 1 aromatic heterocycles. The lowest BCUT2D eigenvalue weighted by Crippen LogP contribution is -2.27. The molecular formula is C14H12F3N3O3. The second-order valence-corrected chi connectivity index (χ2v) is 4.67. The number of hydrogen-bond acceptors (Lipinski definition) is 3. The van der Waals surface area contributed by atoms with Crippen molar-refractivity contribution in [2.45, 2.75) is 19.1 Å². The second kappa shape index (κ2) is 6.11. The standard InChI is InChI=1S/C14H12F3N3O3/c1-8(20-11(13(22)23)6-7-18-20)12(21)19-10-5-3-2-4-9(10)14(15,16)17/h2-8H,1H3,(H,19,21)(H,22,23). The predicted molar refractivity (Wildman–Crippen MR) is 74.0 cm³/mol. The van der Waals surface area contributed by atoms with Crippen LogP contribution in [0.3, 0.4) is 0 Å². The maximum atomic E-state index is 12.9. The van der Waals surface area contributed by atoms with Crippen LogP contribution in [0.4, 0.5) is 18.9 Å². The van der Waals surface area contributed by atoms with Gasteiger partial charge >= 0.3 is 12.1 Å². The molecule has 2 N–H and O–H groups in total. The zero-order chi connectivity index (χ0) is 17.2. The molecule has 9 heteroatoms. The van der Waals surface area contributed by atoms with Crippen molar-refractivity contribution in [1.82, 2.24) is 9.78 Å². The van der Waals surface area contributed by atoms with E-state index in [0.29, 0.717) is 0 Å². The van der Waals surface area contributed by atoms with Crippen LogP contribution in [0, 0.1) is 0 Å². The number of halogens is 3. The molecule has 0 spiro atoms. The molecule has 23 heavy (non-hydrogen) atoms. The van der Waals surface area contributed by atoms with Crippen molar-refractivity contribution in [2.75, 3.05) is 5.32 Å². The minimum atomic E-state index is -4.62. The van der Waals surface area contributed by atoms with Gasteiger partial charge in [0, 0.05) is 6.20 Å². The van der Waals surface area contributed by atoms with Gasteiger partial charge in [-0.1, -0.05) is 12.1 Å². The topological polar surface area (TPSA) is 84.2 Å². The van der Waals surface area contributed by atoms with Crippen molar-refractivity contribution in [3.05, 3.63) is 47.8 Å². The number of carboxylic acid groups (broad SMARTS) is 1. The Hall–Kier alpha value is -2.84. The fraction of sp³-hybridized carbons (Fsp3) is 0.214. The molecule has 6 nitrogen and oxygen atoms in total. The van der Waals surface area contributed by atoms with E-state index in [0.717, 1.165) is 16.8 Å². The van der Waals surface area contributed by atoms with Crippen LogP contribution in [0.25, 0.3) is 0 Å². The van der Waals surface area contributed by atoms with Gasteiger partial charge in [-0.05, 0) is 25.1 Å². The molecule has 0 saturated carbocycles.